The maximum absolute atomic E-state index is 13.8. The summed E-state index contributed by atoms with van der Waals surface area (Å²) in [5.74, 6) is 0.983. The van der Waals surface area contributed by atoms with Crippen molar-refractivity contribution in [2.24, 2.45) is 0 Å². The molecule has 0 unspecified atom stereocenters. The molecule has 0 atom stereocenters. The number of fused-ring (bicyclic) bond motifs is 1. The first kappa shape index (κ1) is 26.9. The summed E-state index contributed by atoms with van der Waals surface area (Å²) in [4.78, 5) is 31.8. The van der Waals surface area contributed by atoms with Gasteiger partial charge in [0.25, 0.3) is 5.56 Å². The number of nitrogens with one attached hydrogen (secondary N) is 2. The van der Waals surface area contributed by atoms with Gasteiger partial charge in [-0.15, -0.1) is 0 Å². The molecule has 2 amide bonds. The van der Waals surface area contributed by atoms with E-state index in [-0.39, 0.29) is 30.7 Å². The number of aliphatic hydroxyl groups is 1. The molecule has 2 aromatic heterocycles. The lowest BCUT2D eigenvalue weighted by molar-refractivity contribution is 0.262. The first-order valence-corrected chi connectivity index (χ1v) is 12.7. The zero-order chi connectivity index (χ0) is 27.4. The Hall–Kier alpha value is -4.17. The fourth-order valence-electron chi connectivity index (χ4n) is 4.74. The standard InChI is InChI=1S/C30H34N4O4/c1-18(2)22-11-7-12-23(19(3)4)26(22)32-30(37)33-27-25(20-9-6-10-21(17-20)38-5)24-13-8-14-31-28(24)34(15-16-35)29(27)36/h6-14,17-19,35H,15-16H2,1-5H3,(H2,32,33,37). The van der Waals surface area contributed by atoms with E-state index in [1.165, 1.54) is 4.57 Å². The van der Waals surface area contributed by atoms with Crippen LogP contribution in [-0.4, -0.2) is 34.4 Å². The molecule has 38 heavy (non-hydrogen) atoms. The molecule has 4 aromatic rings. The minimum atomic E-state index is -0.528. The maximum Gasteiger partial charge on any atom is 0.323 e. The van der Waals surface area contributed by atoms with Gasteiger partial charge < -0.3 is 20.5 Å². The third kappa shape index (κ3) is 5.26. The number of nitrogens with zero attached hydrogens (tertiary/aromatic N) is 2. The Bertz CT molecular complexity index is 1500. The number of ether oxygens (including phenoxy) is 1. The lowest BCUT2D eigenvalue weighted by atomic mass is 9.93. The van der Waals surface area contributed by atoms with E-state index in [0.717, 1.165) is 16.8 Å². The second-order valence-corrected chi connectivity index (χ2v) is 9.74. The maximum atomic E-state index is 13.8. The quantitative estimate of drug-likeness (QED) is 0.269. The van der Waals surface area contributed by atoms with Gasteiger partial charge in [0.2, 0.25) is 0 Å². The summed E-state index contributed by atoms with van der Waals surface area (Å²) >= 11 is 0. The number of aliphatic hydroxyl groups excluding tert-OH is 1. The third-order valence-corrected chi connectivity index (χ3v) is 6.55. The number of aromatic nitrogens is 2. The van der Waals surface area contributed by atoms with Gasteiger partial charge in [0, 0.05) is 22.8 Å². The van der Waals surface area contributed by atoms with Crippen molar-refractivity contribution in [2.75, 3.05) is 24.4 Å². The summed E-state index contributed by atoms with van der Waals surface area (Å²) in [6.45, 7) is 8.09. The van der Waals surface area contributed by atoms with Gasteiger partial charge in [-0.1, -0.05) is 58.0 Å². The molecule has 0 aliphatic rings. The minimum Gasteiger partial charge on any atom is -0.497 e. The second kappa shape index (κ2) is 11.5. The molecule has 0 aliphatic carbocycles. The van der Waals surface area contributed by atoms with Crippen molar-refractivity contribution in [1.82, 2.24) is 9.55 Å². The Morgan fingerprint density at radius 1 is 0.974 bits per heavy atom. The number of hydrogen-bond acceptors (Lipinski definition) is 5. The summed E-state index contributed by atoms with van der Waals surface area (Å²) in [6.07, 6.45) is 1.60. The van der Waals surface area contributed by atoms with E-state index in [1.54, 1.807) is 19.4 Å². The van der Waals surface area contributed by atoms with Crippen molar-refractivity contribution in [1.29, 1.82) is 0 Å². The van der Waals surface area contributed by atoms with Gasteiger partial charge in [-0.05, 0) is 52.8 Å². The summed E-state index contributed by atoms with van der Waals surface area (Å²) in [5.41, 5.74) is 4.05. The fraction of sp³-hybridized carbons (Fsp3) is 0.300. The second-order valence-electron chi connectivity index (χ2n) is 9.74. The Balaban J connectivity index is 1.90. The van der Waals surface area contributed by atoms with Gasteiger partial charge >= 0.3 is 6.03 Å². The number of benzene rings is 2. The highest BCUT2D eigenvalue weighted by Gasteiger charge is 2.22. The topological polar surface area (TPSA) is 105 Å². The van der Waals surface area contributed by atoms with Crippen LogP contribution >= 0.6 is 0 Å². The van der Waals surface area contributed by atoms with Crippen LogP contribution in [0.25, 0.3) is 22.2 Å². The number of hydrogen-bond donors (Lipinski definition) is 3. The fourth-order valence-corrected chi connectivity index (χ4v) is 4.74. The number of amides is 2. The molecule has 2 aromatic carbocycles. The Kier molecular flexibility index (Phi) is 8.12. The smallest absolute Gasteiger partial charge is 0.323 e. The molecular formula is C30H34N4O4. The number of carbonyl (C=O) groups is 1. The van der Waals surface area contributed by atoms with Crippen molar-refractivity contribution < 1.29 is 14.6 Å². The molecule has 0 fully saturated rings. The number of urea groups is 1. The molecule has 0 saturated heterocycles. The summed E-state index contributed by atoms with van der Waals surface area (Å²) < 4.78 is 6.81. The van der Waals surface area contributed by atoms with Crippen LogP contribution in [0.4, 0.5) is 16.2 Å². The van der Waals surface area contributed by atoms with Crippen molar-refractivity contribution in [2.45, 2.75) is 46.1 Å². The van der Waals surface area contributed by atoms with Crippen LogP contribution < -0.4 is 20.9 Å². The molecule has 3 N–H and O–H groups in total. The Morgan fingerprint density at radius 2 is 1.63 bits per heavy atom. The summed E-state index contributed by atoms with van der Waals surface area (Å²) in [6, 6.07) is 16.4. The predicted molar refractivity (Wildman–Crippen MR) is 152 cm³/mol. The van der Waals surface area contributed by atoms with Crippen LogP contribution in [-0.2, 0) is 6.54 Å². The van der Waals surface area contributed by atoms with E-state index < -0.39 is 11.6 Å². The number of rotatable bonds is 8. The predicted octanol–water partition coefficient (Wildman–Crippen LogP) is 5.96. The third-order valence-electron chi connectivity index (χ3n) is 6.55. The van der Waals surface area contributed by atoms with Crippen LogP contribution in [0.5, 0.6) is 5.75 Å². The number of anilines is 2. The number of pyridine rings is 2. The van der Waals surface area contributed by atoms with E-state index in [2.05, 4.69) is 43.3 Å². The highest BCUT2D eigenvalue weighted by Crippen LogP contribution is 2.36. The summed E-state index contributed by atoms with van der Waals surface area (Å²) in [7, 11) is 1.57. The first-order valence-electron chi connectivity index (χ1n) is 12.7. The van der Waals surface area contributed by atoms with Gasteiger partial charge in [-0.3, -0.25) is 9.36 Å². The SMILES string of the molecule is COc1cccc(-c2c(NC(=O)Nc3c(C(C)C)cccc3C(C)C)c(=O)n(CCO)c3ncccc23)c1. The number of carbonyl (C=O) groups excluding carboxylic acids is 1. The monoisotopic (exact) mass is 514 g/mol. The molecule has 0 spiro atoms. The van der Waals surface area contributed by atoms with E-state index in [4.69, 9.17) is 4.74 Å². The average molecular weight is 515 g/mol. The molecule has 0 saturated carbocycles. The molecule has 8 nitrogen and oxygen atoms in total. The lowest BCUT2D eigenvalue weighted by Gasteiger charge is -2.21. The van der Waals surface area contributed by atoms with Crippen molar-refractivity contribution in [3.63, 3.8) is 0 Å². The van der Waals surface area contributed by atoms with Crippen molar-refractivity contribution in [3.05, 3.63) is 82.3 Å². The molecule has 8 heteroatoms. The Labute approximate surface area is 222 Å². The normalized spacial score (nSPS) is 11.3. The van der Waals surface area contributed by atoms with Gasteiger partial charge in [0.05, 0.1) is 20.3 Å². The molecule has 0 aliphatic heterocycles. The van der Waals surface area contributed by atoms with Crippen molar-refractivity contribution in [3.8, 4) is 16.9 Å². The zero-order valence-electron chi connectivity index (χ0n) is 22.4. The van der Waals surface area contributed by atoms with E-state index in [9.17, 15) is 14.7 Å². The zero-order valence-corrected chi connectivity index (χ0v) is 22.4. The van der Waals surface area contributed by atoms with Gasteiger partial charge in [-0.2, -0.15) is 0 Å². The first-order chi connectivity index (χ1) is 18.3. The molecule has 0 bridgehead atoms. The lowest BCUT2D eigenvalue weighted by Crippen LogP contribution is -2.31. The molecule has 198 valence electrons. The van der Waals surface area contributed by atoms with Crippen LogP contribution in [0.2, 0.25) is 0 Å². The van der Waals surface area contributed by atoms with Gasteiger partial charge in [0.1, 0.15) is 17.1 Å². The largest absolute Gasteiger partial charge is 0.497 e. The van der Waals surface area contributed by atoms with Crippen LogP contribution in [0.3, 0.4) is 0 Å². The Morgan fingerprint density at radius 3 is 2.26 bits per heavy atom. The van der Waals surface area contributed by atoms with Crippen molar-refractivity contribution >= 4 is 28.4 Å². The van der Waals surface area contributed by atoms with Gasteiger partial charge in [0.15, 0.2) is 0 Å². The number of para-hydroxylation sites is 1. The van der Waals surface area contributed by atoms with Crippen LogP contribution in [0.15, 0.2) is 65.6 Å². The van der Waals surface area contributed by atoms with E-state index in [1.807, 2.05) is 48.5 Å². The van der Waals surface area contributed by atoms with E-state index in [0.29, 0.717) is 27.9 Å². The molecule has 0 radical (unpaired) electrons. The van der Waals surface area contributed by atoms with Crippen LogP contribution in [0.1, 0.15) is 50.7 Å². The molecule has 4 rings (SSSR count). The number of methoxy groups -OCH3 is 1. The van der Waals surface area contributed by atoms with Gasteiger partial charge in [-0.25, -0.2) is 9.78 Å². The molecular weight excluding hydrogens is 480 g/mol. The highest BCUT2D eigenvalue weighted by atomic mass is 16.5. The minimum absolute atomic E-state index is 0.0364. The average Bonchev–Trinajstić information content (AvgIpc) is 2.91. The van der Waals surface area contributed by atoms with E-state index >= 15 is 0 Å². The molecule has 2 heterocycles. The highest BCUT2D eigenvalue weighted by molar-refractivity contribution is 6.07. The summed E-state index contributed by atoms with van der Waals surface area (Å²) in [5, 5.41) is 16.2. The van der Waals surface area contributed by atoms with Crippen LogP contribution in [0, 0.1) is 0 Å².